The topological polar surface area (TPSA) is 165 Å². The number of nitrogens with one attached hydrogen (secondary N) is 4. The molecule has 1 aromatic carbocycles. The number of carbonyl (C=O) groups excluding carboxylic acids is 5. The SMILES string of the molecule is CC(C)(C)OC(=O)Nc1cccn(C(CC2CC2)C(=O)NC(CC2CCNC2=O)C(=O)C(=O)NCc2ccccc2)c1=O. The Balaban J connectivity index is 1.54. The summed E-state index contributed by atoms with van der Waals surface area (Å²) in [6.07, 6.45) is 3.15. The second-order valence-corrected chi connectivity index (χ2v) is 12.1. The van der Waals surface area contributed by atoms with E-state index < -0.39 is 52.9 Å². The van der Waals surface area contributed by atoms with E-state index in [0.717, 1.165) is 18.4 Å². The molecule has 1 saturated heterocycles. The average Bonchev–Trinajstić information content (AvgIpc) is 3.69. The summed E-state index contributed by atoms with van der Waals surface area (Å²) in [5.41, 5.74) is -0.672. The fourth-order valence-corrected chi connectivity index (χ4v) is 4.96. The molecule has 12 heteroatoms. The van der Waals surface area contributed by atoms with Crippen molar-refractivity contribution in [3.05, 3.63) is 64.6 Å². The van der Waals surface area contributed by atoms with Gasteiger partial charge in [-0.2, -0.15) is 0 Å². The number of amides is 4. The Kier molecular flexibility index (Phi) is 9.99. The highest BCUT2D eigenvalue weighted by Gasteiger charge is 2.37. The molecule has 230 valence electrons. The van der Waals surface area contributed by atoms with Gasteiger partial charge in [-0.3, -0.25) is 29.3 Å². The molecule has 1 aliphatic heterocycles. The Bertz CT molecular complexity index is 1410. The van der Waals surface area contributed by atoms with Gasteiger partial charge in [0.1, 0.15) is 17.3 Å². The first-order valence-corrected chi connectivity index (χ1v) is 14.6. The Morgan fingerprint density at radius 1 is 1.00 bits per heavy atom. The van der Waals surface area contributed by atoms with Crippen molar-refractivity contribution in [1.29, 1.82) is 0 Å². The molecule has 3 atom stereocenters. The van der Waals surface area contributed by atoms with Gasteiger partial charge < -0.3 is 25.3 Å². The number of anilines is 1. The lowest BCUT2D eigenvalue weighted by Crippen LogP contribution is -2.51. The van der Waals surface area contributed by atoms with E-state index in [4.69, 9.17) is 4.74 Å². The summed E-state index contributed by atoms with van der Waals surface area (Å²) in [5, 5.41) is 10.4. The lowest BCUT2D eigenvalue weighted by molar-refractivity contribution is -0.141. The van der Waals surface area contributed by atoms with Crippen molar-refractivity contribution in [3.63, 3.8) is 0 Å². The molecule has 4 rings (SSSR count). The van der Waals surface area contributed by atoms with Gasteiger partial charge in [0.25, 0.3) is 11.5 Å². The smallest absolute Gasteiger partial charge is 0.412 e. The molecule has 2 aliphatic rings. The Morgan fingerprint density at radius 2 is 1.72 bits per heavy atom. The van der Waals surface area contributed by atoms with Crippen molar-refractivity contribution >= 4 is 35.3 Å². The number of Topliss-reactive ketones (excluding diaryl/α,β-unsaturated/α-hetero) is 1. The second-order valence-electron chi connectivity index (χ2n) is 12.1. The quantitative estimate of drug-likeness (QED) is 0.275. The van der Waals surface area contributed by atoms with Gasteiger partial charge in [-0.15, -0.1) is 0 Å². The van der Waals surface area contributed by atoms with Crippen LogP contribution in [0.5, 0.6) is 0 Å². The van der Waals surface area contributed by atoms with Gasteiger partial charge in [-0.05, 0) is 63.6 Å². The van der Waals surface area contributed by atoms with Crippen LogP contribution < -0.4 is 26.8 Å². The largest absolute Gasteiger partial charge is 0.444 e. The van der Waals surface area contributed by atoms with E-state index in [1.165, 1.54) is 22.9 Å². The molecule has 1 saturated carbocycles. The van der Waals surface area contributed by atoms with Gasteiger partial charge in [-0.1, -0.05) is 43.2 Å². The maximum Gasteiger partial charge on any atom is 0.412 e. The highest BCUT2D eigenvalue weighted by molar-refractivity contribution is 6.38. The summed E-state index contributed by atoms with van der Waals surface area (Å²) in [4.78, 5) is 78.1. The normalized spacial score (nSPS) is 17.7. The number of carbonyl (C=O) groups is 5. The average molecular weight is 594 g/mol. The summed E-state index contributed by atoms with van der Waals surface area (Å²) in [6.45, 7) is 5.64. The minimum Gasteiger partial charge on any atom is -0.444 e. The van der Waals surface area contributed by atoms with Crippen LogP contribution >= 0.6 is 0 Å². The molecule has 4 N–H and O–H groups in total. The van der Waals surface area contributed by atoms with E-state index in [0.29, 0.717) is 19.4 Å². The van der Waals surface area contributed by atoms with Gasteiger partial charge in [0.15, 0.2) is 0 Å². The fourth-order valence-electron chi connectivity index (χ4n) is 4.96. The van der Waals surface area contributed by atoms with Gasteiger partial charge >= 0.3 is 6.09 Å². The molecule has 1 aliphatic carbocycles. The summed E-state index contributed by atoms with van der Waals surface area (Å²) in [6, 6.07) is 9.72. The first-order valence-electron chi connectivity index (χ1n) is 14.6. The Labute approximate surface area is 249 Å². The zero-order valence-electron chi connectivity index (χ0n) is 24.7. The molecule has 1 aromatic heterocycles. The van der Waals surface area contributed by atoms with Crippen LogP contribution in [0.15, 0.2) is 53.5 Å². The predicted octanol–water partition coefficient (Wildman–Crippen LogP) is 2.43. The number of pyridine rings is 1. The molecule has 2 aromatic rings. The van der Waals surface area contributed by atoms with Gasteiger partial charge in [0, 0.05) is 25.2 Å². The first kappa shape index (κ1) is 31.5. The first-order chi connectivity index (χ1) is 20.4. The van der Waals surface area contributed by atoms with Crippen LogP contribution in [0.4, 0.5) is 10.5 Å². The molecule has 4 amide bonds. The molecule has 0 bridgehead atoms. The van der Waals surface area contributed by atoms with Crippen molar-refractivity contribution in [2.45, 2.75) is 77.1 Å². The fraction of sp³-hybridized carbons (Fsp3) is 0.484. The lowest BCUT2D eigenvalue weighted by atomic mass is 9.94. The van der Waals surface area contributed by atoms with E-state index in [2.05, 4.69) is 21.3 Å². The van der Waals surface area contributed by atoms with Gasteiger partial charge in [-0.25, -0.2) is 4.79 Å². The van der Waals surface area contributed by atoms with Crippen molar-refractivity contribution in [2.75, 3.05) is 11.9 Å². The molecule has 12 nitrogen and oxygen atoms in total. The molecule has 2 fully saturated rings. The van der Waals surface area contributed by atoms with E-state index in [1.54, 1.807) is 32.9 Å². The third-order valence-electron chi connectivity index (χ3n) is 7.34. The molecule has 3 unspecified atom stereocenters. The molecule has 0 radical (unpaired) electrons. The molecule has 0 spiro atoms. The number of ketones is 1. The van der Waals surface area contributed by atoms with Crippen LogP contribution in [-0.4, -0.2) is 52.4 Å². The number of ether oxygens (including phenoxy) is 1. The number of nitrogens with zero attached hydrogens (tertiary/aromatic N) is 1. The van der Waals surface area contributed by atoms with Crippen LogP contribution in [0.1, 0.15) is 64.5 Å². The van der Waals surface area contributed by atoms with Crippen molar-refractivity contribution in [2.24, 2.45) is 11.8 Å². The third-order valence-corrected chi connectivity index (χ3v) is 7.34. The zero-order chi connectivity index (χ0) is 31.1. The van der Waals surface area contributed by atoms with E-state index in [1.807, 2.05) is 18.2 Å². The monoisotopic (exact) mass is 593 g/mol. The van der Waals surface area contributed by atoms with Crippen molar-refractivity contribution in [1.82, 2.24) is 20.5 Å². The van der Waals surface area contributed by atoms with E-state index in [9.17, 15) is 28.8 Å². The molecular formula is C31H39N5O7. The maximum absolute atomic E-state index is 13.8. The third kappa shape index (κ3) is 9.00. The second kappa shape index (κ2) is 13.7. The summed E-state index contributed by atoms with van der Waals surface area (Å²) in [5.74, 6) is -2.98. The maximum atomic E-state index is 13.8. The summed E-state index contributed by atoms with van der Waals surface area (Å²) in [7, 11) is 0. The van der Waals surface area contributed by atoms with Crippen LogP contribution in [0.25, 0.3) is 0 Å². The van der Waals surface area contributed by atoms with E-state index in [-0.39, 0.29) is 30.5 Å². The molecule has 2 heterocycles. The Hall–Kier alpha value is -4.48. The number of rotatable bonds is 12. The standard InChI is InChI=1S/C31H39N5O7/c1-31(2,3)43-30(42)35-22-10-7-15-36(29(22)41)24(16-19-11-12-19)27(39)34-23(17-21-13-14-32-26(21)38)25(37)28(40)33-18-20-8-5-4-6-9-20/h4-10,15,19,21,23-24H,11-14,16-18H2,1-3H3,(H,32,38)(H,33,40)(H,34,39)(H,35,42). The number of aromatic nitrogens is 1. The highest BCUT2D eigenvalue weighted by atomic mass is 16.6. The van der Waals surface area contributed by atoms with Crippen LogP contribution in [0.2, 0.25) is 0 Å². The molecular weight excluding hydrogens is 554 g/mol. The summed E-state index contributed by atoms with van der Waals surface area (Å²) >= 11 is 0. The number of hydrogen-bond donors (Lipinski definition) is 4. The number of benzene rings is 1. The van der Waals surface area contributed by atoms with E-state index >= 15 is 0 Å². The number of hydrogen-bond acceptors (Lipinski definition) is 7. The van der Waals surface area contributed by atoms with Crippen molar-refractivity contribution < 1.29 is 28.7 Å². The summed E-state index contributed by atoms with van der Waals surface area (Å²) < 4.78 is 6.48. The van der Waals surface area contributed by atoms with Crippen LogP contribution in [0.3, 0.4) is 0 Å². The predicted molar refractivity (Wildman–Crippen MR) is 158 cm³/mol. The van der Waals surface area contributed by atoms with Crippen molar-refractivity contribution in [3.8, 4) is 0 Å². The van der Waals surface area contributed by atoms with Crippen LogP contribution in [0, 0.1) is 11.8 Å². The Morgan fingerprint density at radius 3 is 2.35 bits per heavy atom. The van der Waals surface area contributed by atoms with Gasteiger partial charge in [0.05, 0.1) is 6.04 Å². The van der Waals surface area contributed by atoms with Gasteiger partial charge in [0.2, 0.25) is 17.6 Å². The lowest BCUT2D eigenvalue weighted by Gasteiger charge is -2.25. The zero-order valence-corrected chi connectivity index (χ0v) is 24.7. The molecule has 43 heavy (non-hydrogen) atoms. The van der Waals surface area contributed by atoms with Crippen LogP contribution in [-0.2, 0) is 30.5 Å². The highest BCUT2D eigenvalue weighted by Crippen LogP contribution is 2.37. The minimum absolute atomic E-state index is 0.0551. The minimum atomic E-state index is -1.28.